The summed E-state index contributed by atoms with van der Waals surface area (Å²) in [7, 11) is 0. The van der Waals surface area contributed by atoms with E-state index in [2.05, 4.69) is 171 Å². The van der Waals surface area contributed by atoms with Gasteiger partial charge in [0, 0.05) is 28.1 Å². The van der Waals surface area contributed by atoms with E-state index in [1.54, 1.807) is 0 Å². The van der Waals surface area contributed by atoms with Gasteiger partial charge < -0.3 is 4.90 Å². The Bertz CT molecular complexity index is 2290. The SMILES string of the molecule is CC1C=C(c2cccc3cccc(C4CCCCC4)c23)C(N(c2ccccc2)c2ccc(-c3cccc4c3-c3ccccc3C4(C)C)cc2)=CC1. The average molecular weight is 662 g/mol. The van der Waals surface area contributed by atoms with Crippen LogP contribution in [-0.2, 0) is 5.41 Å². The molecule has 1 atom stereocenters. The summed E-state index contributed by atoms with van der Waals surface area (Å²) < 4.78 is 0. The molecule has 9 rings (SSSR count). The van der Waals surface area contributed by atoms with Crippen molar-refractivity contribution in [3.63, 3.8) is 0 Å². The van der Waals surface area contributed by atoms with Gasteiger partial charge in [0.05, 0.1) is 0 Å². The van der Waals surface area contributed by atoms with Crippen LogP contribution in [0.5, 0.6) is 0 Å². The molecule has 3 aliphatic carbocycles. The highest BCUT2D eigenvalue weighted by molar-refractivity contribution is 6.02. The highest BCUT2D eigenvalue weighted by atomic mass is 15.2. The van der Waals surface area contributed by atoms with Crippen LogP contribution in [0, 0.1) is 5.92 Å². The van der Waals surface area contributed by atoms with Gasteiger partial charge in [-0.1, -0.05) is 161 Å². The first-order valence-corrected chi connectivity index (χ1v) is 19.1. The maximum Gasteiger partial charge on any atom is 0.0497 e. The fourth-order valence-corrected chi connectivity index (χ4v) is 9.42. The molecule has 1 heteroatoms. The van der Waals surface area contributed by atoms with E-state index in [-0.39, 0.29) is 5.41 Å². The highest BCUT2D eigenvalue weighted by Gasteiger charge is 2.36. The van der Waals surface area contributed by atoms with E-state index in [0.29, 0.717) is 11.8 Å². The van der Waals surface area contributed by atoms with Crippen molar-refractivity contribution in [1.29, 1.82) is 0 Å². The van der Waals surface area contributed by atoms with Crippen LogP contribution in [0.4, 0.5) is 11.4 Å². The molecule has 6 aromatic rings. The third kappa shape index (κ3) is 5.46. The molecular weight excluding hydrogens is 615 g/mol. The quantitative estimate of drug-likeness (QED) is 0.172. The van der Waals surface area contributed by atoms with Crippen molar-refractivity contribution in [2.24, 2.45) is 5.92 Å². The maximum absolute atomic E-state index is 2.54. The van der Waals surface area contributed by atoms with Crippen LogP contribution in [-0.4, -0.2) is 0 Å². The minimum atomic E-state index is -0.0161. The van der Waals surface area contributed by atoms with Gasteiger partial charge in [0.2, 0.25) is 0 Å². The molecule has 0 bridgehead atoms. The normalized spacial score (nSPS) is 18.1. The van der Waals surface area contributed by atoms with E-state index in [1.165, 1.54) is 110 Å². The standard InChI is InChI=1S/C50H47N/c1-34-27-32-47(44(33-34)42-24-13-18-37-17-12-22-40(48(37)42)35-15-6-4-7-16-35)51(38-19-8-5-9-20-38)39-30-28-36(29-31-39)41-23-14-26-46-49(41)43-21-10-11-25-45(43)50(46,2)3/h5,8-14,17-26,28-35H,4,6-7,15-16,27H2,1-3H3. The van der Waals surface area contributed by atoms with Gasteiger partial charge in [0.1, 0.15) is 0 Å². The van der Waals surface area contributed by atoms with E-state index in [9.17, 15) is 0 Å². The Morgan fingerprint density at radius 3 is 2.04 bits per heavy atom. The second kappa shape index (κ2) is 12.9. The highest BCUT2D eigenvalue weighted by Crippen LogP contribution is 2.52. The van der Waals surface area contributed by atoms with Crippen LogP contribution in [0.25, 0.3) is 38.6 Å². The lowest BCUT2D eigenvalue weighted by molar-refractivity contribution is 0.445. The van der Waals surface area contributed by atoms with Gasteiger partial charge in [-0.15, -0.1) is 0 Å². The summed E-state index contributed by atoms with van der Waals surface area (Å²) in [6.07, 6.45) is 12.7. The molecule has 252 valence electrons. The molecule has 6 aromatic carbocycles. The van der Waals surface area contributed by atoms with Crippen molar-refractivity contribution in [1.82, 2.24) is 0 Å². The lowest BCUT2D eigenvalue weighted by atomic mass is 9.79. The number of benzene rings is 6. The van der Waals surface area contributed by atoms with Crippen molar-refractivity contribution < 1.29 is 0 Å². The van der Waals surface area contributed by atoms with Crippen LogP contribution in [0.1, 0.15) is 87.5 Å². The summed E-state index contributed by atoms with van der Waals surface area (Å²) in [5.41, 5.74) is 16.0. The molecule has 1 nitrogen and oxygen atoms in total. The first-order chi connectivity index (χ1) is 25.0. The Hall–Kier alpha value is -5.14. The van der Waals surface area contributed by atoms with Gasteiger partial charge in [0.15, 0.2) is 0 Å². The van der Waals surface area contributed by atoms with Crippen LogP contribution in [0.15, 0.2) is 151 Å². The molecule has 1 saturated carbocycles. The molecule has 0 radical (unpaired) electrons. The van der Waals surface area contributed by atoms with E-state index in [4.69, 9.17) is 0 Å². The van der Waals surface area contributed by atoms with Gasteiger partial charge >= 0.3 is 0 Å². The molecule has 3 aliphatic rings. The second-order valence-corrected chi connectivity index (χ2v) is 15.6. The van der Waals surface area contributed by atoms with Crippen LogP contribution >= 0.6 is 0 Å². The van der Waals surface area contributed by atoms with E-state index in [1.807, 2.05) is 0 Å². The second-order valence-electron chi connectivity index (χ2n) is 15.6. The van der Waals surface area contributed by atoms with Crippen molar-refractivity contribution in [3.8, 4) is 22.3 Å². The fraction of sp³-hybridized carbons (Fsp3) is 0.240. The molecular formula is C50H47N. The van der Waals surface area contributed by atoms with Gasteiger partial charge in [0.25, 0.3) is 0 Å². The predicted octanol–water partition coefficient (Wildman–Crippen LogP) is 14.0. The van der Waals surface area contributed by atoms with Crippen LogP contribution < -0.4 is 4.90 Å². The summed E-state index contributed by atoms with van der Waals surface area (Å²) in [5.74, 6) is 1.10. The van der Waals surface area contributed by atoms with E-state index < -0.39 is 0 Å². The first-order valence-electron chi connectivity index (χ1n) is 19.1. The zero-order valence-corrected chi connectivity index (χ0v) is 30.2. The monoisotopic (exact) mass is 661 g/mol. The zero-order valence-electron chi connectivity index (χ0n) is 30.2. The molecule has 51 heavy (non-hydrogen) atoms. The lowest BCUT2D eigenvalue weighted by Crippen LogP contribution is -2.20. The van der Waals surface area contributed by atoms with Crippen molar-refractivity contribution in [3.05, 3.63) is 174 Å². The zero-order chi connectivity index (χ0) is 34.5. The lowest BCUT2D eigenvalue weighted by Gasteiger charge is -2.33. The van der Waals surface area contributed by atoms with Crippen molar-refractivity contribution in [2.45, 2.75) is 70.6 Å². The summed E-state index contributed by atoms with van der Waals surface area (Å²) in [6.45, 7) is 7.08. The number of fused-ring (bicyclic) bond motifs is 4. The fourth-order valence-electron chi connectivity index (χ4n) is 9.42. The molecule has 0 aliphatic heterocycles. The Morgan fingerprint density at radius 1 is 0.588 bits per heavy atom. The largest absolute Gasteiger partial charge is 0.310 e. The third-order valence-corrected chi connectivity index (χ3v) is 12.0. The summed E-state index contributed by atoms with van der Waals surface area (Å²) in [5, 5.41) is 2.80. The summed E-state index contributed by atoms with van der Waals surface area (Å²) >= 11 is 0. The number of allylic oxidation sites excluding steroid dienone is 3. The smallest absolute Gasteiger partial charge is 0.0497 e. The van der Waals surface area contributed by atoms with Gasteiger partial charge in [-0.25, -0.2) is 0 Å². The van der Waals surface area contributed by atoms with Crippen molar-refractivity contribution >= 4 is 27.7 Å². The van der Waals surface area contributed by atoms with Crippen LogP contribution in [0.2, 0.25) is 0 Å². The Labute approximate surface area is 304 Å². The van der Waals surface area contributed by atoms with E-state index >= 15 is 0 Å². The minimum absolute atomic E-state index is 0.0161. The first kappa shape index (κ1) is 31.8. The number of rotatable bonds is 6. The number of hydrogen-bond donors (Lipinski definition) is 0. The molecule has 0 N–H and O–H groups in total. The van der Waals surface area contributed by atoms with Gasteiger partial charge in [-0.2, -0.15) is 0 Å². The summed E-state index contributed by atoms with van der Waals surface area (Å²) in [6, 6.07) is 50.1. The van der Waals surface area contributed by atoms with E-state index in [0.717, 1.165) is 6.42 Å². The van der Waals surface area contributed by atoms with Gasteiger partial charge in [-0.05, 0) is 111 Å². The molecule has 0 heterocycles. The van der Waals surface area contributed by atoms with Crippen molar-refractivity contribution in [2.75, 3.05) is 4.90 Å². The Balaban J connectivity index is 1.17. The number of nitrogens with zero attached hydrogens (tertiary/aromatic N) is 1. The number of hydrogen-bond acceptors (Lipinski definition) is 1. The molecule has 0 aromatic heterocycles. The minimum Gasteiger partial charge on any atom is -0.310 e. The molecule has 1 unspecified atom stereocenters. The Morgan fingerprint density at radius 2 is 1.24 bits per heavy atom. The molecule has 0 saturated heterocycles. The molecule has 0 spiro atoms. The Kier molecular flexibility index (Phi) is 8.03. The van der Waals surface area contributed by atoms with Crippen LogP contribution in [0.3, 0.4) is 0 Å². The third-order valence-electron chi connectivity index (χ3n) is 12.0. The number of para-hydroxylation sites is 1. The van der Waals surface area contributed by atoms with Gasteiger partial charge in [-0.3, -0.25) is 0 Å². The maximum atomic E-state index is 2.54. The number of anilines is 2. The average Bonchev–Trinajstić information content (AvgIpc) is 3.42. The molecule has 0 amide bonds. The molecule has 1 fully saturated rings. The predicted molar refractivity (Wildman–Crippen MR) is 218 cm³/mol. The summed E-state index contributed by atoms with van der Waals surface area (Å²) in [4.78, 5) is 2.50. The topological polar surface area (TPSA) is 3.24 Å².